The number of esters is 1. The van der Waals surface area contributed by atoms with Crippen molar-refractivity contribution in [2.24, 2.45) is 0 Å². The van der Waals surface area contributed by atoms with Gasteiger partial charge in [-0.3, -0.25) is 0 Å². The fraction of sp³-hybridized carbons (Fsp3) is 0.250. The molecule has 0 aliphatic heterocycles. The average Bonchev–Trinajstić information content (AvgIpc) is 2.77. The van der Waals surface area contributed by atoms with Crippen molar-refractivity contribution in [2.75, 3.05) is 17.7 Å². The number of aromatic nitrogens is 2. The lowest BCUT2D eigenvalue weighted by Crippen LogP contribution is -2.08. The number of hydrogen-bond acceptors (Lipinski definition) is 7. The molecule has 0 atom stereocenters. The molecule has 19 heavy (non-hydrogen) atoms. The minimum absolute atomic E-state index is 0.311. The molecule has 1 aromatic carbocycles. The topological polar surface area (TPSA) is 90.1 Å². The van der Waals surface area contributed by atoms with Crippen LogP contribution in [-0.2, 0) is 4.74 Å². The zero-order valence-corrected chi connectivity index (χ0v) is 11.5. The Balaban J connectivity index is 2.31. The molecule has 0 aliphatic carbocycles. The summed E-state index contributed by atoms with van der Waals surface area (Å²) < 4.78 is 9.07. The highest BCUT2D eigenvalue weighted by Gasteiger charge is 2.14. The Morgan fingerprint density at radius 1 is 1.53 bits per heavy atom. The first-order valence-electron chi connectivity index (χ1n) is 5.74. The van der Waals surface area contributed by atoms with Crippen LogP contribution in [0.25, 0.3) is 0 Å². The fourth-order valence-electron chi connectivity index (χ4n) is 1.51. The summed E-state index contributed by atoms with van der Waals surface area (Å²) >= 11 is 1.23. The second-order valence-corrected chi connectivity index (χ2v) is 4.55. The van der Waals surface area contributed by atoms with Crippen molar-refractivity contribution in [1.29, 1.82) is 0 Å². The van der Waals surface area contributed by atoms with E-state index in [1.54, 1.807) is 32.0 Å². The molecule has 0 saturated heterocycles. The van der Waals surface area contributed by atoms with Crippen molar-refractivity contribution in [3.63, 3.8) is 0 Å². The Labute approximate surface area is 114 Å². The molecule has 3 N–H and O–H groups in total. The predicted molar refractivity (Wildman–Crippen MR) is 74.7 cm³/mol. The molecule has 6 nitrogen and oxygen atoms in total. The SMILES string of the molecule is CCOC(=O)c1cc(N)ccc1Nc1nc(C)ns1. The fourth-order valence-corrected chi connectivity index (χ4v) is 2.10. The quantitative estimate of drug-likeness (QED) is 0.659. The molecule has 0 unspecified atom stereocenters. The smallest absolute Gasteiger partial charge is 0.340 e. The van der Waals surface area contributed by atoms with Gasteiger partial charge in [0.25, 0.3) is 0 Å². The first kappa shape index (κ1) is 13.3. The highest BCUT2D eigenvalue weighted by molar-refractivity contribution is 7.09. The van der Waals surface area contributed by atoms with Gasteiger partial charge in [0.05, 0.1) is 17.9 Å². The Kier molecular flexibility index (Phi) is 3.96. The van der Waals surface area contributed by atoms with E-state index >= 15 is 0 Å². The average molecular weight is 278 g/mol. The molecule has 100 valence electrons. The summed E-state index contributed by atoms with van der Waals surface area (Å²) in [4.78, 5) is 16.1. The summed E-state index contributed by atoms with van der Waals surface area (Å²) in [6.45, 7) is 3.87. The number of nitrogens with zero attached hydrogens (tertiary/aromatic N) is 2. The zero-order chi connectivity index (χ0) is 13.8. The highest BCUT2D eigenvalue weighted by Crippen LogP contribution is 2.24. The van der Waals surface area contributed by atoms with Gasteiger partial charge in [0.15, 0.2) is 0 Å². The number of carbonyl (C=O) groups excluding carboxylic acids is 1. The summed E-state index contributed by atoms with van der Waals surface area (Å²) in [6, 6.07) is 5.01. The third-order valence-electron chi connectivity index (χ3n) is 2.31. The largest absolute Gasteiger partial charge is 0.462 e. The summed E-state index contributed by atoms with van der Waals surface area (Å²) in [5.74, 6) is 0.263. The normalized spacial score (nSPS) is 10.2. The van der Waals surface area contributed by atoms with Crippen molar-refractivity contribution in [3.05, 3.63) is 29.6 Å². The van der Waals surface area contributed by atoms with Crippen LogP contribution < -0.4 is 11.1 Å². The van der Waals surface area contributed by atoms with E-state index < -0.39 is 5.97 Å². The third kappa shape index (κ3) is 3.19. The van der Waals surface area contributed by atoms with Gasteiger partial charge in [-0.15, -0.1) is 0 Å². The standard InChI is InChI=1S/C12H14N4O2S/c1-3-18-11(17)9-6-8(13)4-5-10(9)15-12-14-7(2)16-19-12/h4-6H,3,13H2,1-2H3,(H,14,15,16). The van der Waals surface area contributed by atoms with Crippen LogP contribution in [0.2, 0.25) is 0 Å². The van der Waals surface area contributed by atoms with Crippen LogP contribution in [0.5, 0.6) is 0 Å². The van der Waals surface area contributed by atoms with Crippen molar-refractivity contribution >= 4 is 34.0 Å². The van der Waals surface area contributed by atoms with E-state index in [1.807, 2.05) is 0 Å². The van der Waals surface area contributed by atoms with Crippen LogP contribution in [0.4, 0.5) is 16.5 Å². The van der Waals surface area contributed by atoms with Crippen LogP contribution in [0.1, 0.15) is 23.1 Å². The monoisotopic (exact) mass is 278 g/mol. The molecule has 2 aromatic rings. The number of aryl methyl sites for hydroxylation is 1. The molecule has 0 bridgehead atoms. The van der Waals surface area contributed by atoms with Crippen molar-refractivity contribution in [2.45, 2.75) is 13.8 Å². The first-order chi connectivity index (χ1) is 9.10. The molecule has 1 aromatic heterocycles. The van der Waals surface area contributed by atoms with E-state index in [9.17, 15) is 4.79 Å². The van der Waals surface area contributed by atoms with Crippen LogP contribution >= 0.6 is 11.5 Å². The number of nitrogen functional groups attached to an aromatic ring is 1. The second kappa shape index (κ2) is 5.66. The molecule has 0 amide bonds. The molecular weight excluding hydrogens is 264 g/mol. The lowest BCUT2D eigenvalue weighted by atomic mass is 10.1. The molecule has 2 rings (SSSR count). The number of hydrogen-bond donors (Lipinski definition) is 2. The van der Waals surface area contributed by atoms with Gasteiger partial charge in [-0.1, -0.05) is 0 Å². The van der Waals surface area contributed by atoms with E-state index in [1.165, 1.54) is 11.5 Å². The predicted octanol–water partition coefficient (Wildman–Crippen LogP) is 2.35. The lowest BCUT2D eigenvalue weighted by Gasteiger charge is -2.09. The number of carbonyl (C=O) groups is 1. The molecule has 0 saturated carbocycles. The molecule has 0 aliphatic rings. The van der Waals surface area contributed by atoms with Gasteiger partial charge in [0.1, 0.15) is 5.82 Å². The Bertz CT molecular complexity index is 597. The number of ether oxygens (including phenoxy) is 1. The van der Waals surface area contributed by atoms with Crippen LogP contribution in [0, 0.1) is 6.92 Å². The van der Waals surface area contributed by atoms with Gasteiger partial charge in [0.2, 0.25) is 5.13 Å². The summed E-state index contributed by atoms with van der Waals surface area (Å²) in [5, 5.41) is 3.67. The van der Waals surface area contributed by atoms with Gasteiger partial charge in [-0.05, 0) is 32.0 Å². The maximum Gasteiger partial charge on any atom is 0.340 e. The number of benzene rings is 1. The van der Waals surface area contributed by atoms with E-state index in [0.29, 0.717) is 34.5 Å². The van der Waals surface area contributed by atoms with E-state index in [4.69, 9.17) is 10.5 Å². The Hall–Kier alpha value is -2.15. The summed E-state index contributed by atoms with van der Waals surface area (Å²) in [5.41, 5.74) is 7.18. The number of nitrogens with one attached hydrogen (secondary N) is 1. The molecule has 7 heteroatoms. The summed E-state index contributed by atoms with van der Waals surface area (Å²) in [6.07, 6.45) is 0. The van der Waals surface area contributed by atoms with E-state index in [-0.39, 0.29) is 0 Å². The summed E-state index contributed by atoms with van der Waals surface area (Å²) in [7, 11) is 0. The van der Waals surface area contributed by atoms with Crippen molar-refractivity contribution in [1.82, 2.24) is 9.36 Å². The lowest BCUT2D eigenvalue weighted by molar-refractivity contribution is 0.0527. The maximum absolute atomic E-state index is 11.9. The molecule has 0 radical (unpaired) electrons. The van der Waals surface area contributed by atoms with Gasteiger partial charge in [0, 0.05) is 17.2 Å². The second-order valence-electron chi connectivity index (χ2n) is 3.80. The van der Waals surface area contributed by atoms with Gasteiger partial charge < -0.3 is 15.8 Å². The molecule has 0 fully saturated rings. The number of rotatable bonds is 4. The van der Waals surface area contributed by atoms with Crippen LogP contribution in [-0.4, -0.2) is 21.9 Å². The van der Waals surface area contributed by atoms with Gasteiger partial charge >= 0.3 is 5.97 Å². The molecule has 0 spiro atoms. The van der Waals surface area contributed by atoms with E-state index in [2.05, 4.69) is 14.7 Å². The van der Waals surface area contributed by atoms with Gasteiger partial charge in [-0.2, -0.15) is 4.37 Å². The molecular formula is C12H14N4O2S. The molecule has 1 heterocycles. The Morgan fingerprint density at radius 3 is 2.95 bits per heavy atom. The van der Waals surface area contributed by atoms with Crippen molar-refractivity contribution in [3.8, 4) is 0 Å². The van der Waals surface area contributed by atoms with Crippen LogP contribution in [0.15, 0.2) is 18.2 Å². The minimum atomic E-state index is -0.418. The minimum Gasteiger partial charge on any atom is -0.462 e. The maximum atomic E-state index is 11.9. The zero-order valence-electron chi connectivity index (χ0n) is 10.6. The third-order valence-corrected chi connectivity index (χ3v) is 3.03. The highest BCUT2D eigenvalue weighted by atomic mass is 32.1. The number of nitrogens with two attached hydrogens (primary N) is 1. The number of anilines is 3. The van der Waals surface area contributed by atoms with E-state index in [0.717, 1.165) is 0 Å². The van der Waals surface area contributed by atoms with Crippen molar-refractivity contribution < 1.29 is 9.53 Å². The first-order valence-corrected chi connectivity index (χ1v) is 6.51. The van der Waals surface area contributed by atoms with Gasteiger partial charge in [-0.25, -0.2) is 9.78 Å². The Morgan fingerprint density at radius 2 is 2.32 bits per heavy atom. The van der Waals surface area contributed by atoms with Crippen LogP contribution in [0.3, 0.4) is 0 Å².